The molecule has 59 heavy (non-hydrogen) atoms. The summed E-state index contributed by atoms with van der Waals surface area (Å²) in [7, 11) is 0. The molecule has 16 heteroatoms. The molecule has 2 aliphatic heterocycles. The molecule has 4 aliphatic rings. The molecule has 4 N–H and O–H groups in total. The van der Waals surface area contributed by atoms with Crippen LogP contribution in [0.2, 0.25) is 0 Å². The van der Waals surface area contributed by atoms with Crippen LogP contribution >= 0.6 is 0 Å². The van der Waals surface area contributed by atoms with Crippen molar-refractivity contribution in [2.24, 2.45) is 21.3 Å². The maximum atomic E-state index is 14.7. The Hall–Kier alpha value is -4.76. The van der Waals surface area contributed by atoms with E-state index in [0.29, 0.717) is 38.4 Å². The normalized spacial score (nSPS) is 20.5. The number of hydrogen-bond donors (Lipinski definition) is 4. The first-order valence-electron chi connectivity index (χ1n) is 21.4. The summed E-state index contributed by atoms with van der Waals surface area (Å²) in [4.78, 5) is 91.7. The molecule has 1 aromatic carbocycles. The van der Waals surface area contributed by atoms with E-state index in [9.17, 15) is 37.5 Å². The van der Waals surface area contributed by atoms with E-state index in [1.54, 1.807) is 27.7 Å². The maximum Gasteiger partial charge on any atom is 0.289 e. The molecular formula is C43H73F2N7O7. The molecule has 0 bridgehead atoms. The van der Waals surface area contributed by atoms with Crippen molar-refractivity contribution in [2.45, 2.75) is 156 Å². The number of ketones is 1. The summed E-state index contributed by atoms with van der Waals surface area (Å²) in [5.74, 6) is -6.18. The summed E-state index contributed by atoms with van der Waals surface area (Å²) in [6, 6.07) is -2.02. The van der Waals surface area contributed by atoms with Gasteiger partial charge >= 0.3 is 0 Å². The first kappa shape index (κ1) is 48.6. The molecule has 3 fully saturated rings. The Bertz CT molecular complexity index is 1690. The van der Waals surface area contributed by atoms with Crippen LogP contribution in [0.1, 0.15) is 125 Å². The highest BCUT2D eigenvalue weighted by molar-refractivity contribution is 6.61. The van der Waals surface area contributed by atoms with Crippen molar-refractivity contribution in [3.63, 3.8) is 0 Å². The van der Waals surface area contributed by atoms with Crippen molar-refractivity contribution in [2.75, 3.05) is 19.6 Å². The second-order valence-electron chi connectivity index (χ2n) is 16.0. The molecule has 1 aromatic rings. The van der Waals surface area contributed by atoms with Gasteiger partial charge in [0, 0.05) is 36.4 Å². The fourth-order valence-electron chi connectivity index (χ4n) is 7.31. The molecule has 1 saturated heterocycles. The fraction of sp³-hybridized carbons (Fsp3) is 0.674. The van der Waals surface area contributed by atoms with Gasteiger partial charge < -0.3 is 30.9 Å². The maximum absolute atomic E-state index is 14.7. The quantitative estimate of drug-likeness (QED) is 0.166. The van der Waals surface area contributed by atoms with Crippen LogP contribution in [0.4, 0.5) is 8.78 Å². The molecule has 2 saturated carbocycles. The molecule has 0 aromatic heterocycles. The Morgan fingerprint density at radius 3 is 2.10 bits per heavy atom. The minimum absolute atomic E-state index is 0. The van der Waals surface area contributed by atoms with E-state index >= 15 is 0 Å². The number of Topliss-reactive ketones (excluding diaryl/α,β-unsaturated/α-hetero) is 1. The Labute approximate surface area is 353 Å². The number of carbonyl (C=O) groups excluding carboxylic acids is 6. The Kier molecular flexibility index (Phi) is 19.1. The van der Waals surface area contributed by atoms with Crippen LogP contribution in [0.25, 0.3) is 0 Å². The van der Waals surface area contributed by atoms with Gasteiger partial charge in [0.15, 0.2) is 0 Å². The number of aliphatic imine (C=N–C) groups is 2. The van der Waals surface area contributed by atoms with Gasteiger partial charge in [-0.3, -0.25) is 38.8 Å². The molecule has 5 atom stereocenters. The van der Waals surface area contributed by atoms with Crippen LogP contribution < -0.4 is 26.0 Å². The van der Waals surface area contributed by atoms with E-state index in [1.165, 1.54) is 11.1 Å². The summed E-state index contributed by atoms with van der Waals surface area (Å²) in [5, 5.41) is 11.1. The molecule has 5 rings (SSSR count). The molecular weight excluding hydrogens is 765 g/mol. The zero-order chi connectivity index (χ0) is 43.9. The summed E-state index contributed by atoms with van der Waals surface area (Å²) in [5.41, 5.74) is -0.801. The number of hydrogen-bond acceptors (Lipinski definition) is 9. The number of rotatable bonds is 15. The van der Waals surface area contributed by atoms with Gasteiger partial charge in [0.2, 0.25) is 23.5 Å². The van der Waals surface area contributed by atoms with Gasteiger partial charge in [0.25, 0.3) is 11.8 Å². The smallest absolute Gasteiger partial charge is 0.289 e. The number of likely N-dealkylation sites (tertiary alicyclic amines) is 1. The van der Waals surface area contributed by atoms with Crippen LogP contribution in [0.15, 0.2) is 28.2 Å². The van der Waals surface area contributed by atoms with Crippen molar-refractivity contribution in [1.82, 2.24) is 26.2 Å². The standard InChI is InChI=1S/C39H53F2N7O7.2C2H6.4H2/c1-5-9-28(32(49)37(53)44-25-12-13-25)45-35(51)30-19-27(55-26-17-23(40)16-24(41)18-26)21-48(30)38(54)33(39(2,3)4)47-36(52)31(22-10-7-6-8-11-22)46-34(50)29-20-42-14-15-43-29;2*1-2;;;;/h16-18,20,22,25,27-28,30-31,33H,5-15,19,21H2,1-4H3,(H,44,53)(H,45,51)(H,46,50)(H,47,52);2*1-2H3;4*1H/t27-,28+,30+,31+,33-;;;;;;/m1....../s1. The largest absolute Gasteiger partial charge is 0.488 e. The third kappa shape index (κ3) is 14.2. The zero-order valence-corrected chi connectivity index (χ0v) is 36.0. The number of benzene rings is 1. The van der Waals surface area contributed by atoms with Crippen LogP contribution in [0.3, 0.4) is 0 Å². The summed E-state index contributed by atoms with van der Waals surface area (Å²) >= 11 is 0. The number of amides is 5. The first-order chi connectivity index (χ1) is 28.1. The number of nitrogens with zero attached hydrogens (tertiary/aromatic N) is 3. The lowest BCUT2D eigenvalue weighted by atomic mass is 9.82. The molecule has 0 spiro atoms. The molecule has 14 nitrogen and oxygen atoms in total. The minimum Gasteiger partial charge on any atom is -0.488 e. The van der Waals surface area contributed by atoms with E-state index in [-0.39, 0.29) is 48.5 Å². The fourth-order valence-corrected chi connectivity index (χ4v) is 7.31. The van der Waals surface area contributed by atoms with Gasteiger partial charge in [-0.05, 0) is 43.4 Å². The Balaban J connectivity index is 0. The summed E-state index contributed by atoms with van der Waals surface area (Å²) < 4.78 is 34.1. The average molecular weight is 838 g/mol. The van der Waals surface area contributed by atoms with E-state index in [0.717, 1.165) is 44.2 Å². The Morgan fingerprint density at radius 2 is 1.54 bits per heavy atom. The lowest BCUT2D eigenvalue weighted by Gasteiger charge is -2.37. The van der Waals surface area contributed by atoms with Crippen molar-refractivity contribution in [3.8, 4) is 5.75 Å². The van der Waals surface area contributed by atoms with E-state index in [2.05, 4.69) is 31.3 Å². The first-order valence-corrected chi connectivity index (χ1v) is 21.4. The number of nitrogens with one attached hydrogen (secondary N) is 4. The van der Waals surface area contributed by atoms with Crippen molar-refractivity contribution < 1.29 is 48.0 Å². The average Bonchev–Trinajstić information content (AvgIpc) is 3.94. The van der Waals surface area contributed by atoms with Crippen molar-refractivity contribution >= 4 is 47.2 Å². The van der Waals surface area contributed by atoms with Gasteiger partial charge in [-0.2, -0.15) is 0 Å². The van der Waals surface area contributed by atoms with Gasteiger partial charge in [0.1, 0.15) is 47.3 Å². The number of halogens is 2. The highest BCUT2D eigenvalue weighted by Gasteiger charge is 2.47. The molecule has 2 heterocycles. The Morgan fingerprint density at radius 1 is 0.898 bits per heavy atom. The lowest BCUT2D eigenvalue weighted by molar-refractivity contribution is -0.145. The highest BCUT2D eigenvalue weighted by atomic mass is 19.1. The lowest BCUT2D eigenvalue weighted by Crippen LogP contribution is -2.62. The monoisotopic (exact) mass is 838 g/mol. The minimum atomic E-state index is -1.24. The van der Waals surface area contributed by atoms with Gasteiger partial charge in [-0.15, -0.1) is 0 Å². The van der Waals surface area contributed by atoms with Crippen molar-refractivity contribution in [3.05, 3.63) is 29.8 Å². The van der Waals surface area contributed by atoms with E-state index in [4.69, 9.17) is 4.74 Å². The third-order valence-electron chi connectivity index (χ3n) is 10.4. The summed E-state index contributed by atoms with van der Waals surface area (Å²) in [6.07, 6.45) is 6.65. The third-order valence-corrected chi connectivity index (χ3v) is 10.4. The predicted molar refractivity (Wildman–Crippen MR) is 231 cm³/mol. The van der Waals surface area contributed by atoms with Crippen LogP contribution in [-0.2, 0) is 28.8 Å². The zero-order valence-electron chi connectivity index (χ0n) is 36.0. The molecule has 0 unspecified atom stereocenters. The van der Waals surface area contributed by atoms with Gasteiger partial charge in [-0.1, -0.05) is 81.1 Å². The van der Waals surface area contributed by atoms with Gasteiger partial charge in [-0.25, -0.2) is 8.78 Å². The second-order valence-corrected chi connectivity index (χ2v) is 16.0. The highest BCUT2D eigenvalue weighted by Crippen LogP contribution is 2.31. The van der Waals surface area contributed by atoms with Gasteiger partial charge in [0.05, 0.1) is 31.9 Å². The molecule has 5 amide bonds. The molecule has 2 aliphatic carbocycles. The van der Waals surface area contributed by atoms with Crippen LogP contribution in [0, 0.1) is 23.0 Å². The summed E-state index contributed by atoms with van der Waals surface area (Å²) in [6.45, 7) is 15.7. The van der Waals surface area contributed by atoms with E-state index in [1.807, 2.05) is 27.7 Å². The number of ether oxygens (including phenoxy) is 1. The second kappa shape index (κ2) is 23.1. The van der Waals surface area contributed by atoms with E-state index < -0.39 is 82.6 Å². The van der Waals surface area contributed by atoms with Crippen LogP contribution in [0.5, 0.6) is 5.75 Å². The van der Waals surface area contributed by atoms with Crippen LogP contribution in [-0.4, -0.2) is 108 Å². The molecule has 0 radical (unpaired) electrons. The topological polar surface area (TPSA) is 188 Å². The predicted octanol–water partition coefficient (Wildman–Crippen LogP) is 5.60. The molecule has 336 valence electrons. The van der Waals surface area contributed by atoms with Crippen molar-refractivity contribution in [1.29, 1.82) is 0 Å². The SMILES string of the molecule is CC.CC.CCC[C@H](NC(=O)[C@@H]1C[C@@H](Oc2cc(F)cc(F)c2)CN1C(=O)[C@@H](NC(=O)[C@@H](NC(=O)C1=NCCN=C1)C1CCCCC1)C(C)(C)C)C(=O)C(=O)NC1CC1.[HH].[HH].[HH].[HH]. The number of carbonyl (C=O) groups is 6.